The lowest BCUT2D eigenvalue weighted by Crippen LogP contribution is -2.38. The molecule has 7 atom stereocenters. The quantitative estimate of drug-likeness (QED) is 0.0172. The number of nitrogens with zero attached hydrogens (tertiary/aromatic N) is 7. The molecule has 0 bridgehead atoms. The number of unbranched alkanes of at least 4 members (excludes halogenated alkanes) is 6. The zero-order valence-electron chi connectivity index (χ0n) is 60.8. The first-order valence-electron chi connectivity index (χ1n) is 37.4. The molecule has 10 rings (SSSR count). The van der Waals surface area contributed by atoms with Gasteiger partial charge in [-0.05, 0) is 86.3 Å². The summed E-state index contributed by atoms with van der Waals surface area (Å²) in [6.07, 6.45) is 10.1. The van der Waals surface area contributed by atoms with Gasteiger partial charge in [0.1, 0.15) is 17.3 Å². The van der Waals surface area contributed by atoms with Crippen LogP contribution in [0.3, 0.4) is 0 Å². The molecule has 0 spiro atoms. The third-order valence-corrected chi connectivity index (χ3v) is 23.5. The number of amides is 6. The minimum atomic E-state index is -4.85. The van der Waals surface area contributed by atoms with Crippen molar-refractivity contribution in [2.75, 3.05) is 88.9 Å². The van der Waals surface area contributed by atoms with E-state index < -0.39 is 45.5 Å². The van der Waals surface area contributed by atoms with E-state index in [-0.39, 0.29) is 144 Å². The first kappa shape index (κ1) is 82.1. The van der Waals surface area contributed by atoms with Crippen molar-refractivity contribution in [2.45, 2.75) is 188 Å². The Morgan fingerprint density at radius 3 is 1.71 bits per heavy atom. The van der Waals surface area contributed by atoms with Crippen molar-refractivity contribution in [3.8, 4) is 22.5 Å². The maximum atomic E-state index is 14.7. The number of ether oxygens (including phenoxy) is 4. The molecule has 6 aliphatic heterocycles. The molecular weight excluding hydrogens is 1450 g/mol. The van der Waals surface area contributed by atoms with Crippen molar-refractivity contribution in [2.24, 2.45) is 21.5 Å². The molecule has 3 saturated heterocycles. The summed E-state index contributed by atoms with van der Waals surface area (Å²) >= 11 is 3.83. The Hall–Kier alpha value is -8.38. The van der Waals surface area contributed by atoms with E-state index in [0.29, 0.717) is 126 Å². The Kier molecular flexibility index (Phi) is 31.5. The maximum Gasteiger partial charge on any atom is 0.335 e. The number of Topliss-reactive ketones (excluding diaryl/α,β-unsaturated/α-hetero) is 2. The number of carbonyl (C=O) groups is 9. The molecule has 4 aromatic rings. The number of nitrogens with one attached hydrogen (secondary N) is 5. The van der Waals surface area contributed by atoms with E-state index in [0.717, 1.165) is 86.8 Å². The van der Waals surface area contributed by atoms with Crippen molar-refractivity contribution in [3.05, 3.63) is 89.0 Å². The van der Waals surface area contributed by atoms with E-state index in [1.54, 1.807) is 21.7 Å². The first-order valence-corrected chi connectivity index (χ1v) is 41.0. The molecule has 6 aliphatic rings. The predicted octanol–water partition coefficient (Wildman–Crippen LogP) is 4.45. The van der Waals surface area contributed by atoms with Gasteiger partial charge in [0.05, 0.1) is 114 Å². The number of ketones is 2. The van der Waals surface area contributed by atoms with Crippen molar-refractivity contribution < 1.29 is 79.9 Å². The number of anilines is 1. The normalized spacial score (nSPS) is 19.7. The molecular formula is C74H100N14O17S3. The van der Waals surface area contributed by atoms with E-state index in [2.05, 4.69) is 51.7 Å². The summed E-state index contributed by atoms with van der Waals surface area (Å²) in [6.45, 7) is 2.91. The summed E-state index contributed by atoms with van der Waals surface area (Å²) in [6, 6.07) is 21.4. The van der Waals surface area contributed by atoms with Gasteiger partial charge in [-0.15, -0.1) is 10.2 Å². The van der Waals surface area contributed by atoms with E-state index in [4.69, 9.17) is 35.0 Å². The van der Waals surface area contributed by atoms with Crippen molar-refractivity contribution in [3.63, 3.8) is 0 Å². The van der Waals surface area contributed by atoms with Crippen LogP contribution in [0.5, 0.6) is 0 Å². The van der Waals surface area contributed by atoms with Crippen LogP contribution in [0.25, 0.3) is 22.5 Å². The average Bonchev–Trinajstić information content (AvgIpc) is 1.47. The number of aromatic nitrogens is 3. The number of fused-ring (bicyclic) bond motifs is 7. The Bertz CT molecular complexity index is 3890. The summed E-state index contributed by atoms with van der Waals surface area (Å²) in [5.41, 5.74) is 17.5. The number of hydrogen-bond donors (Lipinski definition) is 8. The number of thioether (sulfide) groups is 2. The van der Waals surface area contributed by atoms with Crippen LogP contribution >= 0.6 is 23.5 Å². The van der Waals surface area contributed by atoms with E-state index in [1.165, 1.54) is 0 Å². The minimum absolute atomic E-state index is 0.0164. The Balaban J connectivity index is 0.660. The van der Waals surface area contributed by atoms with E-state index >= 15 is 0 Å². The fraction of sp³-hybridized carbons (Fsp3) is 0.581. The van der Waals surface area contributed by atoms with E-state index in [9.17, 15) is 51.6 Å². The lowest BCUT2D eigenvalue weighted by molar-refractivity contribution is -0.198. The number of aliphatic imine (C=N–C) groups is 2. The number of nitrogens with two attached hydrogens (primary N) is 2. The number of hydrogen-bond acceptors (Lipinski definition) is 26. The van der Waals surface area contributed by atoms with Gasteiger partial charge in [-0.2, -0.15) is 31.9 Å². The van der Waals surface area contributed by atoms with Crippen LogP contribution < -0.4 is 43.0 Å². The van der Waals surface area contributed by atoms with Crippen LogP contribution in [-0.2, 0) is 98.2 Å². The average molecular weight is 1550 g/mol. The molecule has 7 unspecified atom stereocenters. The fourth-order valence-electron chi connectivity index (χ4n) is 14.0. The summed E-state index contributed by atoms with van der Waals surface area (Å²) in [5.74, 6) is -1.13. The standard InChI is InChI=1S/C74H100N14O17S3/c75-73-80-56-46-106-59(68(56)82-73)21-9-11-23-62(91)77-27-13-1-3-16-52(89)42-48-39-49(43-53(90)17-4-2-14-28-78-63(92)24-12-10-22-60-69-57(47-107-60)81-74(76)83-69)41-51(40-48)71(96)79-29-25-64(93)86-45-50-15-5-6-18-54(50)67-70(55-19-7-8-20-58(55)86)87(85-84-67)30-32-102-34-36-104-38-37-103-35-33-101-31-26-66(95)105-88-65(94)44-61(72(88)97)108(98,99)100/h5-8,15,18-20,39-41,56-57,59-61,68-69H,1-4,9-14,16-17,21-38,42-47H2,(H,77,91)(H,78,92)(H,79,96)(H3,75,80,82)(H3,76,81,83)(H,98,99,100). The number of para-hydroxylation sites is 1. The van der Waals surface area contributed by atoms with Crippen LogP contribution in [0.1, 0.15) is 149 Å². The van der Waals surface area contributed by atoms with Gasteiger partial charge in [-0.25, -0.2) is 19.5 Å². The number of rotatable bonds is 47. The Morgan fingerprint density at radius 2 is 1.14 bits per heavy atom. The third-order valence-electron chi connectivity index (χ3n) is 19.5. The van der Waals surface area contributed by atoms with Crippen molar-refractivity contribution >= 4 is 104 Å². The molecule has 0 radical (unpaired) electrons. The smallest absolute Gasteiger partial charge is 0.335 e. The highest BCUT2D eigenvalue weighted by Gasteiger charge is 2.49. The Morgan fingerprint density at radius 1 is 0.602 bits per heavy atom. The van der Waals surface area contributed by atoms with Gasteiger partial charge in [0, 0.05) is 103 Å². The second-order valence-corrected chi connectivity index (χ2v) is 31.7. The van der Waals surface area contributed by atoms with Crippen LogP contribution in [0, 0.1) is 0 Å². The van der Waals surface area contributed by atoms with Gasteiger partial charge in [0.15, 0.2) is 17.2 Å². The lowest BCUT2D eigenvalue weighted by atomic mass is 9.95. The number of guanidine groups is 2. The summed E-state index contributed by atoms with van der Waals surface area (Å²) < 4.78 is 56.0. The zero-order chi connectivity index (χ0) is 76.4. The molecule has 0 aliphatic carbocycles. The van der Waals surface area contributed by atoms with Crippen LogP contribution in [0.15, 0.2) is 76.7 Å². The lowest BCUT2D eigenvalue weighted by Gasteiger charge is -2.29. The van der Waals surface area contributed by atoms with Gasteiger partial charge in [0.25, 0.3) is 27.8 Å². The fourth-order valence-corrected chi connectivity index (χ4v) is 17.7. The van der Waals surface area contributed by atoms with Crippen LogP contribution in [0.4, 0.5) is 5.69 Å². The largest absolute Gasteiger partial charge is 0.378 e. The molecule has 34 heteroatoms. The molecule has 3 aromatic carbocycles. The van der Waals surface area contributed by atoms with Gasteiger partial charge in [0.2, 0.25) is 17.7 Å². The zero-order valence-corrected chi connectivity index (χ0v) is 63.3. The van der Waals surface area contributed by atoms with E-state index in [1.807, 2.05) is 78.1 Å². The highest BCUT2D eigenvalue weighted by atomic mass is 32.2. The molecule has 10 N–H and O–H groups in total. The molecule has 3 fully saturated rings. The maximum absolute atomic E-state index is 14.7. The molecule has 6 amide bonds. The molecule has 7 heterocycles. The van der Waals surface area contributed by atoms with Crippen LogP contribution in [0.2, 0.25) is 0 Å². The Labute approximate surface area is 637 Å². The number of hydroxylamine groups is 2. The van der Waals surface area contributed by atoms with Gasteiger partial charge in [-0.1, -0.05) is 79.4 Å². The summed E-state index contributed by atoms with van der Waals surface area (Å²) in [7, 11) is -4.85. The highest BCUT2D eigenvalue weighted by molar-refractivity contribution is 8.00. The SMILES string of the molecule is NC1=NC2C(CSC2CCCCC(=O)NCCCCCC(=O)Cc2cc(CC(=O)CCCCCNC(=O)CCCCC3SCC4NC(N)=NC43)cc(C(=O)NCCC(=O)N3Cc4ccccc4-c4nnn(CCOCCOCCOCCOCCC(=O)ON5C(=O)CC(S(=O)(=O)O)C5=O)c4-c4ccccc43)c2)N1. The third kappa shape index (κ3) is 24.3. The highest BCUT2D eigenvalue weighted by Crippen LogP contribution is 2.42. The number of imide groups is 1. The first-order chi connectivity index (χ1) is 52.3. The topological polar surface area (TPSA) is 428 Å². The molecule has 0 saturated carbocycles. The predicted molar refractivity (Wildman–Crippen MR) is 406 cm³/mol. The minimum Gasteiger partial charge on any atom is -0.378 e. The van der Waals surface area contributed by atoms with Crippen molar-refractivity contribution in [1.82, 2.24) is 46.6 Å². The molecule has 31 nitrogen and oxygen atoms in total. The monoisotopic (exact) mass is 1550 g/mol. The van der Waals surface area contributed by atoms with Gasteiger partial charge in [-0.3, -0.25) is 42.9 Å². The second kappa shape index (κ2) is 41.4. The summed E-state index contributed by atoms with van der Waals surface area (Å²) in [4.78, 5) is 133. The van der Waals surface area contributed by atoms with Crippen LogP contribution in [-0.4, -0.2) is 222 Å². The molecule has 1 aromatic heterocycles. The number of carbonyl (C=O) groups excluding carboxylic acids is 9. The molecule has 108 heavy (non-hydrogen) atoms. The second-order valence-electron chi connectivity index (χ2n) is 27.6. The summed E-state index contributed by atoms with van der Waals surface area (Å²) in [5, 5.41) is 23.5. The van der Waals surface area contributed by atoms with Gasteiger partial charge >= 0.3 is 5.97 Å². The molecule has 586 valence electrons. The number of benzene rings is 3. The van der Waals surface area contributed by atoms with Gasteiger partial charge < -0.3 is 66.7 Å². The van der Waals surface area contributed by atoms with Crippen molar-refractivity contribution in [1.29, 1.82) is 0 Å².